The van der Waals surface area contributed by atoms with Gasteiger partial charge in [-0.3, -0.25) is 32.5 Å². The van der Waals surface area contributed by atoms with Gasteiger partial charge in [-0.1, -0.05) is 382 Å². The summed E-state index contributed by atoms with van der Waals surface area (Å²) in [7, 11) is -9.82. The van der Waals surface area contributed by atoms with Crippen molar-refractivity contribution in [2.75, 3.05) is 39.6 Å². The van der Waals surface area contributed by atoms with Crippen molar-refractivity contribution in [3.05, 3.63) is 194 Å². The Bertz CT molecular complexity index is 2940. The average molecular weight is 1700 g/mol. The molecule has 0 aromatic heterocycles. The molecule has 0 heterocycles. The number of unbranched alkanes of at least 4 members (excludes halogenated alkanes) is 32. The van der Waals surface area contributed by atoms with Crippen LogP contribution in [0.4, 0.5) is 0 Å². The summed E-state index contributed by atoms with van der Waals surface area (Å²) in [6, 6.07) is 0. The molecular weight excluding hydrogens is 1530 g/mol. The fourth-order valence-corrected chi connectivity index (χ4v) is 13.9. The van der Waals surface area contributed by atoms with E-state index in [-0.39, 0.29) is 19.3 Å². The third kappa shape index (κ3) is 92.9. The minimum Gasteiger partial charge on any atom is -0.463 e. The van der Waals surface area contributed by atoms with Gasteiger partial charge in [0.25, 0.3) is 0 Å². The predicted molar refractivity (Wildman–Crippen MR) is 500 cm³/mol. The van der Waals surface area contributed by atoms with Crippen molar-refractivity contribution in [1.82, 2.24) is 0 Å². The van der Waals surface area contributed by atoms with Crippen molar-refractivity contribution in [3.63, 3.8) is 0 Å². The third-order valence-electron chi connectivity index (χ3n) is 19.3. The number of aliphatic hydroxyl groups is 2. The number of hydrogen-bond acceptors (Lipinski definition) is 14. The van der Waals surface area contributed by atoms with Gasteiger partial charge in [-0.05, 0) is 161 Å². The minimum absolute atomic E-state index is 0.0830. The van der Waals surface area contributed by atoms with E-state index in [0.717, 1.165) is 212 Å². The molecule has 119 heavy (non-hydrogen) atoms. The van der Waals surface area contributed by atoms with E-state index in [2.05, 4.69) is 215 Å². The summed E-state index contributed by atoms with van der Waals surface area (Å²) in [5, 5.41) is 20.8. The van der Waals surface area contributed by atoms with Gasteiger partial charge in [0.15, 0.2) is 6.10 Å². The summed E-state index contributed by atoms with van der Waals surface area (Å²) in [4.78, 5) is 59.0. The molecule has 5 atom stereocenters. The first-order chi connectivity index (χ1) is 58.2. The molecule has 678 valence electrons. The molecule has 0 fully saturated rings. The van der Waals surface area contributed by atoms with Gasteiger partial charge in [0.2, 0.25) is 0 Å². The van der Waals surface area contributed by atoms with Crippen molar-refractivity contribution in [2.45, 2.75) is 386 Å². The number of phosphoric ester groups is 2. The van der Waals surface area contributed by atoms with Gasteiger partial charge in [-0.25, -0.2) is 9.13 Å². The zero-order chi connectivity index (χ0) is 86.5. The van der Waals surface area contributed by atoms with Crippen LogP contribution in [0.3, 0.4) is 0 Å². The predicted octanol–water partition coefficient (Wildman–Crippen LogP) is 29.0. The molecule has 0 aromatic carbocycles. The lowest BCUT2D eigenvalue weighted by atomic mass is 10.0. The lowest BCUT2D eigenvalue weighted by Gasteiger charge is -2.21. The molecule has 0 bridgehead atoms. The maximum atomic E-state index is 13.1. The zero-order valence-electron chi connectivity index (χ0n) is 74.7. The number of ether oxygens (including phenoxy) is 3. The molecule has 0 aliphatic heterocycles. The summed E-state index contributed by atoms with van der Waals surface area (Å²) in [5.41, 5.74) is 0. The lowest BCUT2D eigenvalue weighted by molar-refractivity contribution is -0.161. The molecule has 0 aliphatic rings. The number of carbonyl (C=O) groups excluding carboxylic acids is 3. The van der Waals surface area contributed by atoms with Crippen LogP contribution in [0.25, 0.3) is 0 Å². The molecule has 5 unspecified atom stereocenters. The van der Waals surface area contributed by atoms with Gasteiger partial charge < -0.3 is 34.2 Å². The van der Waals surface area contributed by atoms with E-state index in [1.807, 2.05) is 0 Å². The summed E-state index contributed by atoms with van der Waals surface area (Å²) >= 11 is 0. The standard InChI is InChI=1S/C101H168O16P2/c1-4-7-10-13-16-19-22-25-28-31-34-37-40-42-44-45-46-47-48-49-51-53-55-57-60-63-66-69-72-75-78-81-84-87-99(104)111-90-96(102)91-113-118(107,108)114-92-97(103)93-115-119(109,110)116-95-98(117-101(106)89-86-83-80-77-74-71-68-65-62-59-54-39-36-33-30-27-24-21-18-15-12-9-6-3)94-112-100(105)88-85-82-79-76-73-70-67-64-61-58-56-52-50-43-41-38-35-32-29-26-23-20-17-14-11-8-5-2/h7-12,16-21,25-30,34-39,42-44,50,56,58-59,62,96-98,102-103H,4-6,13-15,22-24,31-33,40-41,45-49,51-55,57,60-61,63-95H2,1-3H3,(H,107,108)(H,109,110)/b10-7-,11-8-,12-9-,19-16-,20-17-,21-18-,28-25-,29-26-,30-27-,37-34-,38-35-,39-36-,44-42-,50-43-,58-56-,62-59-. The first-order valence-corrected chi connectivity index (χ1v) is 49.7. The Hall–Kier alpha value is -5.61. The van der Waals surface area contributed by atoms with Crippen LogP contribution in [0.5, 0.6) is 0 Å². The normalized spacial score (nSPS) is 14.6. The van der Waals surface area contributed by atoms with Crippen molar-refractivity contribution in [3.8, 4) is 0 Å². The Balaban J connectivity index is 4.61. The third-order valence-corrected chi connectivity index (χ3v) is 21.2. The Morgan fingerprint density at radius 1 is 0.235 bits per heavy atom. The fourth-order valence-electron chi connectivity index (χ4n) is 12.3. The largest absolute Gasteiger partial charge is 0.472 e. The van der Waals surface area contributed by atoms with Crippen LogP contribution in [-0.4, -0.2) is 95.9 Å². The number of rotatable bonds is 87. The molecule has 0 radical (unpaired) electrons. The van der Waals surface area contributed by atoms with Gasteiger partial charge in [-0.15, -0.1) is 0 Å². The van der Waals surface area contributed by atoms with Crippen molar-refractivity contribution in [2.24, 2.45) is 0 Å². The molecule has 0 spiro atoms. The highest BCUT2D eigenvalue weighted by atomic mass is 31.2. The SMILES string of the molecule is CC/C=C\C/C=C\C/C=C\C/C=C\C/C=C\C/C=C\CCCCCCCCCCC(=O)OCC(COP(=O)(O)OCC(O)COP(=O)(O)OCC(O)COC(=O)CCCCCCCCCCCCCCCCCCC/C=C\C/C=C\C/C=C\C/C=C\C/C=C\CC)OC(=O)CCCCCCCCC/C=C\C/C=C\C/C=C\C/C=C\C/C=C\CC. The number of esters is 3. The molecule has 0 aliphatic carbocycles. The average Bonchev–Trinajstić information content (AvgIpc) is 0.902. The highest BCUT2D eigenvalue weighted by Crippen LogP contribution is 2.45. The number of phosphoric acid groups is 2. The first kappa shape index (κ1) is 113. The van der Waals surface area contributed by atoms with Crippen LogP contribution < -0.4 is 0 Å². The fraction of sp³-hybridized carbons (Fsp3) is 0.653. The smallest absolute Gasteiger partial charge is 0.463 e. The lowest BCUT2D eigenvalue weighted by Crippen LogP contribution is -2.30. The van der Waals surface area contributed by atoms with E-state index in [4.69, 9.17) is 32.3 Å². The van der Waals surface area contributed by atoms with Crippen molar-refractivity contribution in [1.29, 1.82) is 0 Å². The van der Waals surface area contributed by atoms with Gasteiger partial charge in [-0.2, -0.15) is 0 Å². The second kappa shape index (κ2) is 91.6. The van der Waals surface area contributed by atoms with Crippen LogP contribution in [0.1, 0.15) is 367 Å². The minimum atomic E-state index is -4.95. The Morgan fingerprint density at radius 2 is 0.420 bits per heavy atom. The van der Waals surface area contributed by atoms with E-state index in [1.54, 1.807) is 0 Å². The maximum Gasteiger partial charge on any atom is 0.472 e. The quantitative estimate of drug-likeness (QED) is 0.0146. The van der Waals surface area contributed by atoms with E-state index >= 15 is 0 Å². The maximum absolute atomic E-state index is 13.1. The highest BCUT2D eigenvalue weighted by molar-refractivity contribution is 7.47. The number of allylic oxidation sites excluding steroid dienone is 32. The van der Waals surface area contributed by atoms with E-state index in [0.29, 0.717) is 19.3 Å². The van der Waals surface area contributed by atoms with Crippen molar-refractivity contribution < 1.29 is 75.8 Å². The molecule has 16 nitrogen and oxygen atoms in total. The Morgan fingerprint density at radius 3 is 0.664 bits per heavy atom. The molecular formula is C101H168O16P2. The summed E-state index contributed by atoms with van der Waals surface area (Å²) < 4.78 is 61.5. The van der Waals surface area contributed by atoms with Crippen LogP contribution in [0, 0.1) is 0 Å². The molecule has 0 saturated heterocycles. The second-order valence-electron chi connectivity index (χ2n) is 30.7. The van der Waals surface area contributed by atoms with Gasteiger partial charge in [0, 0.05) is 19.3 Å². The van der Waals surface area contributed by atoms with Crippen LogP contribution >= 0.6 is 15.6 Å². The second-order valence-corrected chi connectivity index (χ2v) is 33.6. The van der Waals surface area contributed by atoms with E-state index in [1.165, 1.54) is 96.3 Å². The van der Waals surface area contributed by atoms with Crippen LogP contribution in [0.2, 0.25) is 0 Å². The molecule has 18 heteroatoms. The number of carbonyl (C=O) groups is 3. The molecule has 4 N–H and O–H groups in total. The van der Waals surface area contributed by atoms with Gasteiger partial charge in [0.05, 0.1) is 26.4 Å². The summed E-state index contributed by atoms with van der Waals surface area (Å²) in [6.07, 6.45) is 122. The zero-order valence-corrected chi connectivity index (χ0v) is 76.5. The number of aliphatic hydroxyl groups excluding tert-OH is 2. The van der Waals surface area contributed by atoms with E-state index in [9.17, 15) is 43.5 Å². The molecule has 0 rings (SSSR count). The van der Waals surface area contributed by atoms with Crippen LogP contribution in [0.15, 0.2) is 194 Å². The monoisotopic (exact) mass is 1700 g/mol. The topological polar surface area (TPSA) is 231 Å². The Kier molecular flexibility index (Phi) is 87.3. The van der Waals surface area contributed by atoms with Gasteiger partial charge in [0.1, 0.15) is 25.4 Å². The summed E-state index contributed by atoms with van der Waals surface area (Å²) in [5.74, 6) is -1.60. The van der Waals surface area contributed by atoms with E-state index < -0.39 is 91.5 Å². The molecule has 0 aromatic rings. The van der Waals surface area contributed by atoms with Gasteiger partial charge >= 0.3 is 33.6 Å². The summed E-state index contributed by atoms with van der Waals surface area (Å²) in [6.45, 7) is 2.35. The highest BCUT2D eigenvalue weighted by Gasteiger charge is 2.29. The number of hydrogen-bond donors (Lipinski definition) is 4. The molecule has 0 amide bonds. The Labute approximate surface area is 725 Å². The first-order valence-electron chi connectivity index (χ1n) is 46.7. The molecule has 0 saturated carbocycles. The van der Waals surface area contributed by atoms with Crippen LogP contribution in [-0.2, 0) is 55.8 Å². The van der Waals surface area contributed by atoms with Crippen molar-refractivity contribution >= 4 is 33.6 Å².